The quantitative estimate of drug-likeness (QED) is 0.802. The standard InChI is InChI=1S/C11H16N2O2/c1-2-13(7-8-4-3-5-15-8)11(14)9-6-10(9)12/h3-5,9-10H,2,6-7,12H2,1H3. The minimum atomic E-state index is 0.0416. The molecule has 1 amide bonds. The number of carbonyl (C=O) groups excluding carboxylic acids is 1. The average molecular weight is 208 g/mol. The number of hydrogen-bond acceptors (Lipinski definition) is 3. The van der Waals surface area contributed by atoms with Gasteiger partial charge in [0.1, 0.15) is 5.76 Å². The van der Waals surface area contributed by atoms with Crippen molar-refractivity contribution in [1.82, 2.24) is 4.90 Å². The van der Waals surface area contributed by atoms with E-state index in [1.165, 1.54) is 0 Å². The first-order chi connectivity index (χ1) is 7.22. The van der Waals surface area contributed by atoms with Crippen LogP contribution in [0, 0.1) is 5.92 Å². The van der Waals surface area contributed by atoms with Crippen LogP contribution in [-0.2, 0) is 11.3 Å². The first kappa shape index (κ1) is 10.2. The van der Waals surface area contributed by atoms with Gasteiger partial charge in [0.15, 0.2) is 0 Å². The Morgan fingerprint density at radius 3 is 2.93 bits per heavy atom. The van der Waals surface area contributed by atoms with Crippen LogP contribution in [0.2, 0.25) is 0 Å². The molecule has 1 saturated carbocycles. The molecule has 0 spiro atoms. The fourth-order valence-electron chi connectivity index (χ4n) is 1.67. The third kappa shape index (κ3) is 2.21. The second-order valence-corrected chi connectivity index (χ2v) is 3.94. The minimum Gasteiger partial charge on any atom is -0.467 e. The lowest BCUT2D eigenvalue weighted by atomic mass is 10.3. The predicted octanol–water partition coefficient (Wildman–Crippen LogP) is 0.975. The zero-order valence-corrected chi connectivity index (χ0v) is 8.85. The van der Waals surface area contributed by atoms with Crippen LogP contribution in [0.4, 0.5) is 0 Å². The molecular formula is C11H16N2O2. The van der Waals surface area contributed by atoms with Gasteiger partial charge in [0.25, 0.3) is 0 Å². The van der Waals surface area contributed by atoms with Gasteiger partial charge in [0.05, 0.1) is 18.7 Å². The van der Waals surface area contributed by atoms with Gasteiger partial charge in [-0.25, -0.2) is 0 Å². The number of furan rings is 1. The fraction of sp³-hybridized carbons (Fsp3) is 0.545. The van der Waals surface area contributed by atoms with Crippen LogP contribution < -0.4 is 5.73 Å². The number of nitrogens with zero attached hydrogens (tertiary/aromatic N) is 1. The van der Waals surface area contributed by atoms with Crippen molar-refractivity contribution in [2.45, 2.75) is 25.9 Å². The Morgan fingerprint density at radius 1 is 1.73 bits per heavy atom. The molecule has 15 heavy (non-hydrogen) atoms. The van der Waals surface area contributed by atoms with E-state index < -0.39 is 0 Å². The van der Waals surface area contributed by atoms with E-state index in [0.717, 1.165) is 12.2 Å². The van der Waals surface area contributed by atoms with Crippen LogP contribution >= 0.6 is 0 Å². The van der Waals surface area contributed by atoms with Gasteiger partial charge in [-0.1, -0.05) is 0 Å². The van der Waals surface area contributed by atoms with Crippen LogP contribution in [0.25, 0.3) is 0 Å². The monoisotopic (exact) mass is 208 g/mol. The molecule has 1 fully saturated rings. The molecule has 1 aliphatic carbocycles. The molecule has 2 atom stereocenters. The lowest BCUT2D eigenvalue weighted by Crippen LogP contribution is -2.33. The summed E-state index contributed by atoms with van der Waals surface area (Å²) in [5, 5.41) is 0. The Morgan fingerprint density at radius 2 is 2.47 bits per heavy atom. The largest absolute Gasteiger partial charge is 0.467 e. The van der Waals surface area contributed by atoms with Gasteiger partial charge in [-0.05, 0) is 25.5 Å². The van der Waals surface area contributed by atoms with E-state index >= 15 is 0 Å². The summed E-state index contributed by atoms with van der Waals surface area (Å²) in [4.78, 5) is 13.7. The lowest BCUT2D eigenvalue weighted by molar-refractivity contribution is -0.133. The highest BCUT2D eigenvalue weighted by atomic mass is 16.3. The number of hydrogen-bond donors (Lipinski definition) is 1. The Bertz CT molecular complexity index is 334. The molecule has 0 radical (unpaired) electrons. The number of rotatable bonds is 4. The maximum Gasteiger partial charge on any atom is 0.227 e. The van der Waals surface area contributed by atoms with Crippen molar-refractivity contribution in [2.75, 3.05) is 6.54 Å². The third-order valence-corrected chi connectivity index (χ3v) is 2.78. The van der Waals surface area contributed by atoms with Gasteiger partial charge in [-0.2, -0.15) is 0 Å². The van der Waals surface area contributed by atoms with Crippen molar-refractivity contribution < 1.29 is 9.21 Å². The highest BCUT2D eigenvalue weighted by Gasteiger charge is 2.42. The van der Waals surface area contributed by atoms with Crippen molar-refractivity contribution in [1.29, 1.82) is 0 Å². The van der Waals surface area contributed by atoms with Crippen LogP contribution in [0.15, 0.2) is 22.8 Å². The summed E-state index contributed by atoms with van der Waals surface area (Å²) in [6, 6.07) is 3.78. The molecule has 4 heteroatoms. The minimum absolute atomic E-state index is 0.0416. The normalized spacial score (nSPS) is 23.9. The van der Waals surface area contributed by atoms with Gasteiger partial charge in [-0.3, -0.25) is 4.79 Å². The molecule has 1 heterocycles. The van der Waals surface area contributed by atoms with Crippen LogP contribution in [-0.4, -0.2) is 23.4 Å². The summed E-state index contributed by atoms with van der Waals surface area (Å²) in [5.74, 6) is 1.01. The second-order valence-electron chi connectivity index (χ2n) is 3.94. The third-order valence-electron chi connectivity index (χ3n) is 2.78. The van der Waals surface area contributed by atoms with E-state index in [2.05, 4.69) is 0 Å². The molecule has 2 N–H and O–H groups in total. The predicted molar refractivity (Wildman–Crippen MR) is 55.9 cm³/mol. The van der Waals surface area contributed by atoms with Crippen molar-refractivity contribution in [3.63, 3.8) is 0 Å². The lowest BCUT2D eigenvalue weighted by Gasteiger charge is -2.19. The smallest absolute Gasteiger partial charge is 0.227 e. The summed E-state index contributed by atoms with van der Waals surface area (Å²) < 4.78 is 5.22. The van der Waals surface area contributed by atoms with E-state index in [4.69, 9.17) is 10.2 Å². The topological polar surface area (TPSA) is 59.5 Å². The van der Waals surface area contributed by atoms with Gasteiger partial charge >= 0.3 is 0 Å². The first-order valence-electron chi connectivity index (χ1n) is 5.29. The molecule has 1 aliphatic rings. The molecule has 1 aromatic heterocycles. The van der Waals surface area contributed by atoms with Gasteiger partial charge in [0, 0.05) is 12.6 Å². The summed E-state index contributed by atoms with van der Waals surface area (Å²) in [6.07, 6.45) is 2.45. The van der Waals surface area contributed by atoms with Crippen LogP contribution in [0.5, 0.6) is 0 Å². The first-order valence-corrected chi connectivity index (χ1v) is 5.29. The number of carbonyl (C=O) groups is 1. The Kier molecular flexibility index (Phi) is 2.77. The molecule has 4 nitrogen and oxygen atoms in total. The highest BCUT2D eigenvalue weighted by molar-refractivity contribution is 5.82. The molecular weight excluding hydrogens is 192 g/mol. The van der Waals surface area contributed by atoms with Crippen molar-refractivity contribution in [2.24, 2.45) is 11.7 Å². The van der Waals surface area contributed by atoms with Gasteiger partial charge < -0.3 is 15.1 Å². The molecule has 1 aromatic rings. The molecule has 82 valence electrons. The summed E-state index contributed by atoms with van der Waals surface area (Å²) in [6.45, 7) is 3.21. The van der Waals surface area contributed by atoms with Gasteiger partial charge in [-0.15, -0.1) is 0 Å². The zero-order valence-electron chi connectivity index (χ0n) is 8.85. The molecule has 0 aromatic carbocycles. The summed E-state index contributed by atoms with van der Waals surface area (Å²) >= 11 is 0. The van der Waals surface area contributed by atoms with Crippen LogP contribution in [0.1, 0.15) is 19.1 Å². The van der Waals surface area contributed by atoms with Crippen molar-refractivity contribution in [3.8, 4) is 0 Å². The molecule has 2 unspecified atom stereocenters. The van der Waals surface area contributed by atoms with E-state index in [1.54, 1.807) is 11.2 Å². The summed E-state index contributed by atoms with van der Waals surface area (Å²) in [5.41, 5.74) is 5.66. The molecule has 0 aliphatic heterocycles. The number of amides is 1. The van der Waals surface area contributed by atoms with Crippen molar-refractivity contribution in [3.05, 3.63) is 24.2 Å². The highest BCUT2D eigenvalue weighted by Crippen LogP contribution is 2.30. The average Bonchev–Trinajstić information content (AvgIpc) is 2.77. The van der Waals surface area contributed by atoms with E-state index in [1.807, 2.05) is 19.1 Å². The van der Waals surface area contributed by atoms with Crippen molar-refractivity contribution >= 4 is 5.91 Å². The second kappa shape index (κ2) is 4.06. The maximum atomic E-state index is 11.9. The summed E-state index contributed by atoms with van der Waals surface area (Å²) in [7, 11) is 0. The molecule has 0 saturated heterocycles. The number of nitrogens with two attached hydrogens (primary N) is 1. The Labute approximate surface area is 89.0 Å². The Balaban J connectivity index is 1.95. The van der Waals surface area contributed by atoms with Gasteiger partial charge in [0.2, 0.25) is 5.91 Å². The van der Waals surface area contributed by atoms with Crippen LogP contribution in [0.3, 0.4) is 0 Å². The van der Waals surface area contributed by atoms with E-state index in [-0.39, 0.29) is 17.9 Å². The fourth-order valence-corrected chi connectivity index (χ4v) is 1.67. The Hall–Kier alpha value is -1.29. The van der Waals surface area contributed by atoms with E-state index in [0.29, 0.717) is 13.1 Å². The molecule has 0 bridgehead atoms. The zero-order chi connectivity index (χ0) is 10.8. The van der Waals surface area contributed by atoms with E-state index in [9.17, 15) is 4.79 Å². The SMILES string of the molecule is CCN(Cc1ccco1)C(=O)C1CC1N. The maximum absolute atomic E-state index is 11.9. The molecule has 2 rings (SSSR count).